The number of nitrogens with one attached hydrogen (secondary N) is 2. The molecule has 0 bridgehead atoms. The van der Waals surface area contributed by atoms with Gasteiger partial charge in [0, 0.05) is 22.2 Å². The molecule has 0 aliphatic heterocycles. The molecular formula is C23H22Cl2N4O2. The first-order valence-corrected chi connectivity index (χ1v) is 10.6. The number of rotatable bonds is 5. The zero-order valence-corrected chi connectivity index (χ0v) is 18.9. The second-order valence-electron chi connectivity index (χ2n) is 8.27. The summed E-state index contributed by atoms with van der Waals surface area (Å²) in [6, 6.07) is 12.6. The number of para-hydroxylation sites is 2. The second-order valence-corrected chi connectivity index (χ2v) is 9.14. The molecule has 0 saturated heterocycles. The number of methoxy groups -OCH3 is 1. The fraction of sp³-hybridized carbons (Fsp3) is 0.261. The molecule has 0 saturated carbocycles. The van der Waals surface area contributed by atoms with Gasteiger partial charge in [0.05, 0.1) is 24.1 Å². The number of halogens is 2. The predicted molar refractivity (Wildman–Crippen MR) is 124 cm³/mol. The first kappa shape index (κ1) is 21.4. The van der Waals surface area contributed by atoms with Crippen LogP contribution in [0.15, 0.2) is 42.5 Å². The first-order valence-electron chi connectivity index (χ1n) is 9.81. The molecule has 0 amide bonds. The maximum atomic E-state index is 13.0. The van der Waals surface area contributed by atoms with Crippen molar-refractivity contribution in [3.05, 3.63) is 63.8 Å². The third-order valence-corrected chi connectivity index (χ3v) is 5.46. The minimum absolute atomic E-state index is 0.00529. The molecule has 1 heterocycles. The summed E-state index contributed by atoms with van der Waals surface area (Å²) in [5.41, 5.74) is 2.38. The number of anilines is 4. The number of hydrogen-bond acceptors (Lipinski definition) is 6. The zero-order chi connectivity index (χ0) is 22.2. The summed E-state index contributed by atoms with van der Waals surface area (Å²) in [4.78, 5) is 22.3. The number of hydrogen-bond donors (Lipinski definition) is 2. The number of carbonyl (C=O) groups excluding carboxylic acids is 1. The molecule has 3 aromatic rings. The van der Waals surface area contributed by atoms with Crippen molar-refractivity contribution in [2.75, 3.05) is 17.7 Å². The van der Waals surface area contributed by atoms with E-state index in [0.717, 1.165) is 5.69 Å². The van der Waals surface area contributed by atoms with Gasteiger partial charge in [-0.15, -0.1) is 0 Å². The van der Waals surface area contributed by atoms with Gasteiger partial charge >= 0.3 is 0 Å². The topological polar surface area (TPSA) is 76.1 Å². The van der Waals surface area contributed by atoms with Crippen molar-refractivity contribution in [3.8, 4) is 5.75 Å². The number of aromatic nitrogens is 2. The number of fused-ring (bicyclic) bond motifs is 1. The van der Waals surface area contributed by atoms with Crippen LogP contribution in [0.2, 0.25) is 10.0 Å². The van der Waals surface area contributed by atoms with E-state index in [2.05, 4.69) is 34.4 Å². The molecule has 1 aliphatic carbocycles. The predicted octanol–water partition coefficient (Wildman–Crippen LogP) is 6.43. The largest absolute Gasteiger partial charge is 0.495 e. The van der Waals surface area contributed by atoms with Gasteiger partial charge < -0.3 is 15.4 Å². The SMILES string of the molecule is COc1ccccc1Nc1nc2c(c(Nc3cc(Cl)cc(Cl)c3)n1)C(=O)CC(C)(C)C2. The molecule has 0 spiro atoms. The van der Waals surface area contributed by atoms with Crippen molar-refractivity contribution in [1.82, 2.24) is 9.97 Å². The fourth-order valence-electron chi connectivity index (χ4n) is 3.74. The van der Waals surface area contributed by atoms with E-state index in [1.54, 1.807) is 25.3 Å². The highest BCUT2D eigenvalue weighted by Crippen LogP contribution is 2.38. The average molecular weight is 457 g/mol. The molecule has 8 heteroatoms. The number of carbonyl (C=O) groups is 1. The second kappa shape index (κ2) is 8.36. The molecule has 0 unspecified atom stereocenters. The Hall–Kier alpha value is -2.83. The molecule has 0 radical (unpaired) electrons. The van der Waals surface area contributed by atoms with Crippen LogP contribution in [-0.2, 0) is 6.42 Å². The Kier molecular flexibility index (Phi) is 5.77. The molecule has 6 nitrogen and oxygen atoms in total. The summed E-state index contributed by atoms with van der Waals surface area (Å²) in [6.45, 7) is 4.13. The summed E-state index contributed by atoms with van der Waals surface area (Å²) in [6.07, 6.45) is 1.08. The molecule has 0 atom stereocenters. The highest BCUT2D eigenvalue weighted by Gasteiger charge is 2.35. The maximum Gasteiger partial charge on any atom is 0.229 e. The van der Waals surface area contributed by atoms with Crippen LogP contribution >= 0.6 is 23.2 Å². The first-order chi connectivity index (χ1) is 14.7. The van der Waals surface area contributed by atoms with E-state index in [-0.39, 0.29) is 11.2 Å². The minimum atomic E-state index is -0.184. The molecule has 1 aliphatic rings. The molecule has 4 rings (SSSR count). The van der Waals surface area contributed by atoms with Gasteiger partial charge in [-0.05, 0) is 42.2 Å². The Labute approximate surface area is 191 Å². The summed E-state index contributed by atoms with van der Waals surface area (Å²) in [5.74, 6) is 1.45. The van der Waals surface area contributed by atoms with Crippen molar-refractivity contribution in [3.63, 3.8) is 0 Å². The molecule has 31 heavy (non-hydrogen) atoms. The number of nitrogens with zero attached hydrogens (tertiary/aromatic N) is 2. The van der Waals surface area contributed by atoms with Crippen LogP contribution in [0, 0.1) is 5.41 Å². The lowest BCUT2D eigenvalue weighted by molar-refractivity contribution is 0.0911. The molecule has 160 valence electrons. The third kappa shape index (κ3) is 4.75. The molecule has 0 fully saturated rings. The lowest BCUT2D eigenvalue weighted by Gasteiger charge is -2.30. The zero-order valence-electron chi connectivity index (χ0n) is 17.4. The van der Waals surface area contributed by atoms with Gasteiger partial charge in [-0.2, -0.15) is 4.98 Å². The summed E-state index contributed by atoms with van der Waals surface area (Å²) in [7, 11) is 1.60. The van der Waals surface area contributed by atoms with Crippen molar-refractivity contribution >= 4 is 52.1 Å². The van der Waals surface area contributed by atoms with Gasteiger partial charge in [-0.1, -0.05) is 49.2 Å². The Morgan fingerprint density at radius 1 is 1.00 bits per heavy atom. The Bertz CT molecular complexity index is 1140. The monoisotopic (exact) mass is 456 g/mol. The van der Waals surface area contributed by atoms with Crippen LogP contribution < -0.4 is 15.4 Å². The van der Waals surface area contributed by atoms with Gasteiger partial charge in [-0.3, -0.25) is 4.79 Å². The Morgan fingerprint density at radius 3 is 2.42 bits per heavy atom. The van der Waals surface area contributed by atoms with Crippen molar-refractivity contribution in [1.29, 1.82) is 0 Å². The lowest BCUT2D eigenvalue weighted by atomic mass is 9.75. The molecule has 1 aromatic heterocycles. The van der Waals surface area contributed by atoms with Crippen LogP contribution in [0.5, 0.6) is 5.75 Å². The number of ketones is 1. The van der Waals surface area contributed by atoms with Crippen molar-refractivity contribution < 1.29 is 9.53 Å². The van der Waals surface area contributed by atoms with E-state index >= 15 is 0 Å². The van der Waals surface area contributed by atoms with Gasteiger partial charge in [-0.25, -0.2) is 4.98 Å². The van der Waals surface area contributed by atoms with E-state index in [4.69, 9.17) is 27.9 Å². The van der Waals surface area contributed by atoms with Crippen molar-refractivity contribution in [2.24, 2.45) is 5.41 Å². The molecule has 2 aromatic carbocycles. The number of Topliss-reactive ketones (excluding diaryl/α,β-unsaturated/α-hetero) is 1. The summed E-state index contributed by atoms with van der Waals surface area (Å²) >= 11 is 12.3. The van der Waals surface area contributed by atoms with Gasteiger partial charge in [0.1, 0.15) is 11.6 Å². The van der Waals surface area contributed by atoms with Crippen LogP contribution in [0.4, 0.5) is 23.1 Å². The summed E-state index contributed by atoms with van der Waals surface area (Å²) in [5, 5.41) is 7.40. The highest BCUT2D eigenvalue weighted by molar-refractivity contribution is 6.35. The van der Waals surface area contributed by atoms with Gasteiger partial charge in [0.2, 0.25) is 5.95 Å². The summed E-state index contributed by atoms with van der Waals surface area (Å²) < 4.78 is 5.42. The van der Waals surface area contributed by atoms with E-state index in [1.807, 2.05) is 24.3 Å². The van der Waals surface area contributed by atoms with Crippen LogP contribution in [0.1, 0.15) is 36.3 Å². The molecular weight excluding hydrogens is 435 g/mol. The number of benzene rings is 2. The van der Waals surface area contributed by atoms with E-state index in [9.17, 15) is 4.79 Å². The smallest absolute Gasteiger partial charge is 0.229 e. The van der Waals surface area contributed by atoms with E-state index < -0.39 is 0 Å². The van der Waals surface area contributed by atoms with E-state index in [0.29, 0.717) is 57.3 Å². The van der Waals surface area contributed by atoms with Crippen molar-refractivity contribution in [2.45, 2.75) is 26.7 Å². The van der Waals surface area contributed by atoms with Crippen LogP contribution in [0.3, 0.4) is 0 Å². The third-order valence-electron chi connectivity index (χ3n) is 5.03. The normalized spacial score (nSPS) is 14.7. The van der Waals surface area contributed by atoms with E-state index in [1.165, 1.54) is 0 Å². The van der Waals surface area contributed by atoms with Crippen LogP contribution in [-0.4, -0.2) is 22.9 Å². The molecule has 2 N–H and O–H groups in total. The van der Waals surface area contributed by atoms with Gasteiger partial charge in [0.25, 0.3) is 0 Å². The lowest BCUT2D eigenvalue weighted by Crippen LogP contribution is -2.29. The standard InChI is InChI=1S/C23H22Cl2N4O2/c1-23(2)11-17-20(18(30)12-23)21(26-15-9-13(24)8-14(25)10-15)29-22(28-17)27-16-6-4-5-7-19(16)31-3/h4-10H,11-12H2,1-3H3,(H2,26,27,28,29). The average Bonchev–Trinajstić information content (AvgIpc) is 2.66. The number of ether oxygens (including phenoxy) is 1. The minimum Gasteiger partial charge on any atom is -0.495 e. The Morgan fingerprint density at radius 2 is 1.71 bits per heavy atom. The Balaban J connectivity index is 1.80. The quantitative estimate of drug-likeness (QED) is 0.460. The van der Waals surface area contributed by atoms with Crippen LogP contribution in [0.25, 0.3) is 0 Å². The maximum absolute atomic E-state index is 13.0. The fourth-order valence-corrected chi connectivity index (χ4v) is 4.27. The highest BCUT2D eigenvalue weighted by atomic mass is 35.5. The van der Waals surface area contributed by atoms with Gasteiger partial charge in [0.15, 0.2) is 5.78 Å².